The minimum Gasteiger partial charge on any atom is -0.359 e. The average Bonchev–Trinajstić information content (AvgIpc) is 2.17. The molecule has 0 amide bonds. The van der Waals surface area contributed by atoms with Gasteiger partial charge in [-0.25, -0.2) is 4.39 Å². The van der Waals surface area contributed by atoms with E-state index in [4.69, 9.17) is 4.74 Å². The quantitative estimate of drug-likeness (QED) is 0.710. The van der Waals surface area contributed by atoms with Crippen LogP contribution in [0.4, 0.5) is 4.39 Å². The summed E-state index contributed by atoms with van der Waals surface area (Å²) in [7, 11) is 1.77. The Morgan fingerprint density at radius 2 is 2.38 bits per heavy atom. The number of nitrogens with one attached hydrogen (secondary N) is 1. The largest absolute Gasteiger partial charge is 0.359 e. The van der Waals surface area contributed by atoms with Crippen molar-refractivity contribution in [2.24, 2.45) is 0 Å². The highest BCUT2D eigenvalue weighted by atomic mass is 19.1. The van der Waals surface area contributed by atoms with Gasteiger partial charge in [0, 0.05) is 5.56 Å². The Labute approximate surface area is 76.7 Å². The van der Waals surface area contributed by atoms with Crippen LogP contribution >= 0.6 is 0 Å². The second kappa shape index (κ2) is 3.44. The highest BCUT2D eigenvalue weighted by molar-refractivity contribution is 5.31. The molecule has 70 valence electrons. The molecule has 1 N–H and O–H groups in total. The van der Waals surface area contributed by atoms with Crippen molar-refractivity contribution < 1.29 is 9.13 Å². The molecular weight excluding hydrogens is 169 g/mol. The zero-order valence-electron chi connectivity index (χ0n) is 7.51. The predicted molar refractivity (Wildman–Crippen MR) is 47.9 cm³/mol. The molecule has 0 saturated carbocycles. The first-order chi connectivity index (χ1) is 6.33. The third-order valence-corrected chi connectivity index (χ3v) is 2.32. The van der Waals surface area contributed by atoms with Gasteiger partial charge in [-0.15, -0.1) is 0 Å². The van der Waals surface area contributed by atoms with Crippen molar-refractivity contribution in [3.8, 4) is 0 Å². The molecule has 2 rings (SSSR count). The molecule has 1 aliphatic heterocycles. The molecule has 0 bridgehead atoms. The summed E-state index contributed by atoms with van der Waals surface area (Å²) in [5.74, 6) is -0.184. The Bertz CT molecular complexity index is 314. The normalized spacial score (nSPS) is 21.2. The fraction of sp³-hybridized carbons (Fsp3) is 0.400. The van der Waals surface area contributed by atoms with Crippen LogP contribution in [-0.4, -0.2) is 13.7 Å². The predicted octanol–water partition coefficient (Wildman–Crippen LogP) is 1.62. The van der Waals surface area contributed by atoms with Crippen molar-refractivity contribution in [3.05, 3.63) is 35.1 Å². The molecule has 1 aliphatic rings. The zero-order valence-corrected chi connectivity index (χ0v) is 7.51. The summed E-state index contributed by atoms with van der Waals surface area (Å²) in [6.45, 7) is 0.655. The fourth-order valence-corrected chi connectivity index (χ4v) is 1.69. The van der Waals surface area contributed by atoms with Crippen LogP contribution < -0.4 is 5.32 Å². The van der Waals surface area contributed by atoms with E-state index in [1.807, 2.05) is 6.07 Å². The number of hydrogen-bond donors (Lipinski definition) is 1. The Hall–Kier alpha value is -0.930. The third-order valence-electron chi connectivity index (χ3n) is 2.32. The van der Waals surface area contributed by atoms with E-state index in [9.17, 15) is 4.39 Å². The maximum absolute atomic E-state index is 13.4. The van der Waals surface area contributed by atoms with Gasteiger partial charge >= 0.3 is 0 Å². The Morgan fingerprint density at radius 1 is 1.54 bits per heavy atom. The van der Waals surface area contributed by atoms with Crippen LogP contribution in [0.15, 0.2) is 18.2 Å². The highest BCUT2D eigenvalue weighted by Gasteiger charge is 2.22. The molecule has 2 nitrogen and oxygen atoms in total. The lowest BCUT2D eigenvalue weighted by Gasteiger charge is -2.25. The zero-order chi connectivity index (χ0) is 9.26. The molecule has 0 spiro atoms. The van der Waals surface area contributed by atoms with Crippen LogP contribution in [0.5, 0.6) is 0 Å². The van der Waals surface area contributed by atoms with E-state index < -0.39 is 0 Å². The summed E-state index contributed by atoms with van der Waals surface area (Å²) in [6.07, 6.45) is 0.510. The number of halogens is 1. The van der Waals surface area contributed by atoms with Crippen LogP contribution in [0.25, 0.3) is 0 Å². The number of benzene rings is 1. The maximum atomic E-state index is 13.4. The summed E-state index contributed by atoms with van der Waals surface area (Å²) < 4.78 is 18.8. The van der Waals surface area contributed by atoms with Gasteiger partial charge in [-0.3, -0.25) is 5.32 Å². The van der Waals surface area contributed by atoms with Gasteiger partial charge in [0.1, 0.15) is 12.0 Å². The minimum atomic E-state index is -0.287. The Morgan fingerprint density at radius 3 is 3.15 bits per heavy atom. The molecule has 0 saturated heterocycles. The maximum Gasteiger partial charge on any atom is 0.137 e. The van der Waals surface area contributed by atoms with Crippen molar-refractivity contribution in [3.63, 3.8) is 0 Å². The van der Waals surface area contributed by atoms with E-state index in [0.29, 0.717) is 12.2 Å². The second-order valence-corrected chi connectivity index (χ2v) is 3.10. The van der Waals surface area contributed by atoms with Crippen LogP contribution in [0.2, 0.25) is 0 Å². The van der Waals surface area contributed by atoms with Gasteiger partial charge < -0.3 is 4.74 Å². The van der Waals surface area contributed by atoms with E-state index in [1.165, 1.54) is 6.07 Å². The van der Waals surface area contributed by atoms with Crippen LogP contribution in [-0.2, 0) is 11.2 Å². The number of fused-ring (bicyclic) bond motifs is 1. The lowest BCUT2D eigenvalue weighted by molar-refractivity contribution is 0.0212. The molecule has 0 aromatic heterocycles. The van der Waals surface area contributed by atoms with Crippen molar-refractivity contribution in [1.29, 1.82) is 0 Å². The summed E-state index contributed by atoms with van der Waals surface area (Å²) in [5.41, 5.74) is 1.71. The molecule has 0 unspecified atom stereocenters. The first-order valence-electron chi connectivity index (χ1n) is 4.39. The van der Waals surface area contributed by atoms with E-state index in [1.54, 1.807) is 13.1 Å². The lowest BCUT2D eigenvalue weighted by atomic mass is 10.0. The van der Waals surface area contributed by atoms with E-state index in [0.717, 1.165) is 12.0 Å². The number of hydrogen-bond acceptors (Lipinski definition) is 2. The second-order valence-electron chi connectivity index (χ2n) is 3.10. The van der Waals surface area contributed by atoms with Crippen molar-refractivity contribution in [2.45, 2.75) is 12.6 Å². The topological polar surface area (TPSA) is 21.3 Å². The summed E-state index contributed by atoms with van der Waals surface area (Å²) in [4.78, 5) is 0. The van der Waals surface area contributed by atoms with E-state index >= 15 is 0 Å². The molecule has 1 heterocycles. The Balaban J connectivity index is 2.47. The summed E-state index contributed by atoms with van der Waals surface area (Å²) in [5, 5.41) is 2.94. The minimum absolute atomic E-state index is 0.184. The standard InChI is InChI=1S/C10H12FNO/c1-12-10-9-7(5-6-13-10)3-2-4-8(9)11/h2-4,10,12H,5-6H2,1H3/t10-/m1/s1. The van der Waals surface area contributed by atoms with Gasteiger partial charge in [-0.05, 0) is 25.1 Å². The Kier molecular flexibility index (Phi) is 2.29. The van der Waals surface area contributed by atoms with Gasteiger partial charge in [0.25, 0.3) is 0 Å². The van der Waals surface area contributed by atoms with Gasteiger partial charge in [-0.1, -0.05) is 12.1 Å². The molecule has 13 heavy (non-hydrogen) atoms. The van der Waals surface area contributed by atoms with Crippen LogP contribution in [0.1, 0.15) is 17.4 Å². The smallest absolute Gasteiger partial charge is 0.137 e. The monoisotopic (exact) mass is 181 g/mol. The van der Waals surface area contributed by atoms with Gasteiger partial charge in [0.05, 0.1) is 6.61 Å². The van der Waals surface area contributed by atoms with E-state index in [2.05, 4.69) is 5.32 Å². The summed E-state index contributed by atoms with van der Waals surface area (Å²) >= 11 is 0. The third kappa shape index (κ3) is 1.45. The van der Waals surface area contributed by atoms with Gasteiger partial charge in [-0.2, -0.15) is 0 Å². The SMILES string of the molecule is CN[C@@H]1OCCc2cccc(F)c21. The molecule has 1 aromatic carbocycles. The van der Waals surface area contributed by atoms with Crippen molar-refractivity contribution in [1.82, 2.24) is 5.32 Å². The van der Waals surface area contributed by atoms with Crippen molar-refractivity contribution >= 4 is 0 Å². The highest BCUT2D eigenvalue weighted by Crippen LogP contribution is 2.26. The molecule has 1 aromatic rings. The van der Waals surface area contributed by atoms with Gasteiger partial charge in [0.2, 0.25) is 0 Å². The number of ether oxygens (including phenoxy) is 1. The van der Waals surface area contributed by atoms with Gasteiger partial charge in [0.15, 0.2) is 0 Å². The fourth-order valence-electron chi connectivity index (χ4n) is 1.69. The van der Waals surface area contributed by atoms with E-state index in [-0.39, 0.29) is 12.0 Å². The summed E-state index contributed by atoms with van der Waals surface area (Å²) in [6, 6.07) is 5.16. The molecule has 0 aliphatic carbocycles. The van der Waals surface area contributed by atoms with Crippen molar-refractivity contribution in [2.75, 3.05) is 13.7 Å². The van der Waals surface area contributed by atoms with Crippen LogP contribution in [0, 0.1) is 5.82 Å². The molecule has 0 fully saturated rings. The number of rotatable bonds is 1. The molecule has 3 heteroatoms. The molecule has 0 radical (unpaired) electrons. The molecule has 1 atom stereocenters. The average molecular weight is 181 g/mol. The first kappa shape index (κ1) is 8.66. The lowest BCUT2D eigenvalue weighted by Crippen LogP contribution is -2.27. The molecular formula is C10H12FNO. The first-order valence-corrected chi connectivity index (χ1v) is 4.39. The van der Waals surface area contributed by atoms with Crippen LogP contribution in [0.3, 0.4) is 0 Å².